The number of carbonyl (C=O) groups is 2. The van der Waals surface area contributed by atoms with Crippen molar-refractivity contribution in [2.45, 2.75) is 25.7 Å². The highest BCUT2D eigenvalue weighted by Crippen LogP contribution is 2.37. The molecule has 0 spiro atoms. The summed E-state index contributed by atoms with van der Waals surface area (Å²) >= 11 is 0. The SMILES string of the molecule is COc1cccc2c1N(C(=O)C1CCC(=O)NC1)CCC2. The molecule has 1 aromatic rings. The van der Waals surface area contributed by atoms with Crippen LogP contribution in [0.2, 0.25) is 0 Å². The predicted molar refractivity (Wildman–Crippen MR) is 79.4 cm³/mol. The van der Waals surface area contributed by atoms with Crippen LogP contribution < -0.4 is 15.0 Å². The number of piperidine rings is 1. The summed E-state index contributed by atoms with van der Waals surface area (Å²) in [6, 6.07) is 5.92. The number of nitrogens with one attached hydrogen (secondary N) is 1. The lowest BCUT2D eigenvalue weighted by Crippen LogP contribution is -2.46. The number of para-hydroxylation sites is 1. The van der Waals surface area contributed by atoms with Gasteiger partial charge in [-0.25, -0.2) is 0 Å². The number of benzene rings is 1. The smallest absolute Gasteiger partial charge is 0.232 e. The van der Waals surface area contributed by atoms with E-state index in [-0.39, 0.29) is 17.7 Å². The van der Waals surface area contributed by atoms with Crippen LogP contribution in [0, 0.1) is 5.92 Å². The van der Waals surface area contributed by atoms with E-state index in [9.17, 15) is 9.59 Å². The van der Waals surface area contributed by atoms with Gasteiger partial charge in [0.2, 0.25) is 11.8 Å². The van der Waals surface area contributed by atoms with Crippen molar-refractivity contribution in [2.24, 2.45) is 5.92 Å². The Hall–Kier alpha value is -2.04. The third-order valence-corrected chi connectivity index (χ3v) is 4.28. The number of amides is 2. The molecule has 0 radical (unpaired) electrons. The summed E-state index contributed by atoms with van der Waals surface area (Å²) < 4.78 is 5.43. The van der Waals surface area contributed by atoms with E-state index in [0.29, 0.717) is 19.4 Å². The Bertz CT molecular complexity index is 546. The summed E-state index contributed by atoms with van der Waals surface area (Å²) in [5.74, 6) is 0.759. The topological polar surface area (TPSA) is 58.6 Å². The van der Waals surface area contributed by atoms with E-state index in [1.165, 1.54) is 0 Å². The third-order valence-electron chi connectivity index (χ3n) is 4.28. The van der Waals surface area contributed by atoms with Crippen LogP contribution in [-0.2, 0) is 16.0 Å². The highest BCUT2D eigenvalue weighted by molar-refractivity contribution is 5.98. The van der Waals surface area contributed by atoms with Crippen LogP contribution in [0.25, 0.3) is 0 Å². The number of fused-ring (bicyclic) bond motifs is 1. The van der Waals surface area contributed by atoms with Crippen LogP contribution in [0.1, 0.15) is 24.8 Å². The molecule has 5 heteroatoms. The number of ether oxygens (including phenoxy) is 1. The molecule has 2 heterocycles. The molecule has 5 nitrogen and oxygen atoms in total. The van der Waals surface area contributed by atoms with Gasteiger partial charge in [0.05, 0.1) is 18.7 Å². The van der Waals surface area contributed by atoms with Crippen molar-refractivity contribution < 1.29 is 14.3 Å². The molecule has 0 aliphatic carbocycles. The summed E-state index contributed by atoms with van der Waals surface area (Å²) in [6.45, 7) is 1.16. The average molecular weight is 288 g/mol. The number of methoxy groups -OCH3 is 1. The minimum Gasteiger partial charge on any atom is -0.495 e. The highest BCUT2D eigenvalue weighted by Gasteiger charge is 2.32. The molecule has 1 fully saturated rings. The first-order chi connectivity index (χ1) is 10.2. The molecule has 1 saturated heterocycles. The van der Waals surface area contributed by atoms with Crippen molar-refractivity contribution in [3.05, 3.63) is 23.8 Å². The van der Waals surface area contributed by atoms with Crippen molar-refractivity contribution in [1.29, 1.82) is 0 Å². The second-order valence-corrected chi connectivity index (χ2v) is 5.60. The van der Waals surface area contributed by atoms with E-state index in [2.05, 4.69) is 11.4 Å². The first-order valence-corrected chi connectivity index (χ1v) is 7.44. The van der Waals surface area contributed by atoms with Crippen molar-refractivity contribution in [2.75, 3.05) is 25.1 Å². The molecule has 2 aliphatic rings. The summed E-state index contributed by atoms with van der Waals surface area (Å²) in [6.07, 6.45) is 3.00. The van der Waals surface area contributed by atoms with E-state index in [1.54, 1.807) is 7.11 Å². The molecule has 1 aromatic carbocycles. The van der Waals surface area contributed by atoms with Crippen LogP contribution >= 0.6 is 0 Å². The Balaban J connectivity index is 1.87. The first kappa shape index (κ1) is 13.9. The number of hydrogen-bond donors (Lipinski definition) is 1. The first-order valence-electron chi connectivity index (χ1n) is 7.44. The molecule has 21 heavy (non-hydrogen) atoms. The normalized spacial score (nSPS) is 21.5. The lowest BCUT2D eigenvalue weighted by atomic mass is 9.94. The largest absolute Gasteiger partial charge is 0.495 e. The molecule has 0 bridgehead atoms. The molecule has 1 atom stereocenters. The maximum Gasteiger partial charge on any atom is 0.232 e. The second-order valence-electron chi connectivity index (χ2n) is 5.60. The quantitative estimate of drug-likeness (QED) is 0.897. The fraction of sp³-hybridized carbons (Fsp3) is 0.500. The van der Waals surface area contributed by atoms with Gasteiger partial charge in [0.15, 0.2) is 0 Å². The van der Waals surface area contributed by atoms with Gasteiger partial charge >= 0.3 is 0 Å². The zero-order valence-corrected chi connectivity index (χ0v) is 12.2. The number of aryl methyl sites for hydroxylation is 1. The maximum atomic E-state index is 12.8. The Labute approximate surface area is 124 Å². The standard InChI is InChI=1S/C16H20N2O3/c1-21-13-6-2-4-11-5-3-9-18(15(11)13)16(20)12-7-8-14(19)17-10-12/h2,4,6,12H,3,5,7-10H2,1H3,(H,17,19). The van der Waals surface area contributed by atoms with Crippen LogP contribution in [0.3, 0.4) is 0 Å². The summed E-state index contributed by atoms with van der Waals surface area (Å²) in [5.41, 5.74) is 2.07. The van der Waals surface area contributed by atoms with Crippen molar-refractivity contribution in [3.63, 3.8) is 0 Å². The van der Waals surface area contributed by atoms with Crippen LogP contribution in [-0.4, -0.2) is 32.0 Å². The van der Waals surface area contributed by atoms with Gasteiger partial charge in [-0.3, -0.25) is 9.59 Å². The fourth-order valence-electron chi connectivity index (χ4n) is 3.16. The van der Waals surface area contributed by atoms with E-state index in [4.69, 9.17) is 4.74 Å². The monoisotopic (exact) mass is 288 g/mol. The molecule has 0 saturated carbocycles. The van der Waals surface area contributed by atoms with E-state index < -0.39 is 0 Å². The molecule has 112 valence electrons. The molecular formula is C16H20N2O3. The summed E-state index contributed by atoms with van der Waals surface area (Å²) in [7, 11) is 1.63. The van der Waals surface area contributed by atoms with Gasteiger partial charge in [-0.1, -0.05) is 12.1 Å². The van der Waals surface area contributed by atoms with Crippen LogP contribution in [0.15, 0.2) is 18.2 Å². The predicted octanol–water partition coefficient (Wildman–Crippen LogP) is 1.50. The van der Waals surface area contributed by atoms with Gasteiger partial charge in [-0.15, -0.1) is 0 Å². The fourth-order valence-corrected chi connectivity index (χ4v) is 3.16. The van der Waals surface area contributed by atoms with Gasteiger partial charge in [-0.2, -0.15) is 0 Å². The van der Waals surface area contributed by atoms with Gasteiger partial charge in [0.25, 0.3) is 0 Å². The van der Waals surface area contributed by atoms with Crippen LogP contribution in [0.4, 0.5) is 5.69 Å². The number of hydrogen-bond acceptors (Lipinski definition) is 3. The van der Waals surface area contributed by atoms with Gasteiger partial charge in [0, 0.05) is 19.5 Å². The number of carbonyl (C=O) groups excluding carboxylic acids is 2. The third kappa shape index (κ3) is 2.60. The van der Waals surface area contributed by atoms with Crippen LogP contribution in [0.5, 0.6) is 5.75 Å². The number of rotatable bonds is 2. The van der Waals surface area contributed by atoms with E-state index >= 15 is 0 Å². The lowest BCUT2D eigenvalue weighted by Gasteiger charge is -2.34. The molecular weight excluding hydrogens is 268 g/mol. The number of anilines is 1. The zero-order chi connectivity index (χ0) is 14.8. The van der Waals surface area contributed by atoms with E-state index in [0.717, 1.165) is 36.4 Å². The Morgan fingerprint density at radius 1 is 1.38 bits per heavy atom. The summed E-state index contributed by atoms with van der Waals surface area (Å²) in [4.78, 5) is 25.9. The van der Waals surface area contributed by atoms with Crippen molar-refractivity contribution in [1.82, 2.24) is 5.32 Å². The molecule has 1 unspecified atom stereocenters. The Kier molecular flexibility index (Phi) is 3.82. The Morgan fingerprint density at radius 2 is 2.24 bits per heavy atom. The van der Waals surface area contributed by atoms with Gasteiger partial charge in [0.1, 0.15) is 5.75 Å². The number of nitrogens with zero attached hydrogens (tertiary/aromatic N) is 1. The summed E-state index contributed by atoms with van der Waals surface area (Å²) in [5, 5.41) is 2.79. The molecule has 2 aliphatic heterocycles. The van der Waals surface area contributed by atoms with Crippen molar-refractivity contribution in [3.8, 4) is 5.75 Å². The van der Waals surface area contributed by atoms with Crippen molar-refractivity contribution >= 4 is 17.5 Å². The van der Waals surface area contributed by atoms with Gasteiger partial charge < -0.3 is 15.0 Å². The second kappa shape index (κ2) is 5.76. The molecule has 1 N–H and O–H groups in total. The average Bonchev–Trinajstić information content (AvgIpc) is 2.53. The highest BCUT2D eigenvalue weighted by atomic mass is 16.5. The lowest BCUT2D eigenvalue weighted by molar-refractivity contribution is -0.127. The minimum atomic E-state index is -0.126. The van der Waals surface area contributed by atoms with E-state index in [1.807, 2.05) is 17.0 Å². The maximum absolute atomic E-state index is 12.8. The Morgan fingerprint density at radius 3 is 2.95 bits per heavy atom. The zero-order valence-electron chi connectivity index (χ0n) is 12.2. The molecule has 0 aromatic heterocycles. The molecule has 3 rings (SSSR count). The minimum absolute atomic E-state index is 0.0377. The van der Waals surface area contributed by atoms with Gasteiger partial charge in [-0.05, 0) is 30.9 Å². The molecule has 2 amide bonds.